The zero-order valence-corrected chi connectivity index (χ0v) is 13.2. The van der Waals surface area contributed by atoms with Crippen LogP contribution in [0, 0.1) is 5.92 Å². The van der Waals surface area contributed by atoms with Crippen molar-refractivity contribution in [3.8, 4) is 5.75 Å². The highest BCUT2D eigenvalue weighted by molar-refractivity contribution is 8.13. The van der Waals surface area contributed by atoms with Crippen LogP contribution in [-0.2, 0) is 9.05 Å². The number of benzene rings is 1. The van der Waals surface area contributed by atoms with E-state index in [9.17, 15) is 8.42 Å². The fraction of sp³-hybridized carbons (Fsp3) is 0.571. The van der Waals surface area contributed by atoms with Gasteiger partial charge in [0.2, 0.25) is 9.05 Å². The Balaban J connectivity index is 2.68. The average molecular weight is 305 g/mol. The predicted octanol–water partition coefficient (Wildman–Crippen LogP) is 3.78. The highest BCUT2D eigenvalue weighted by Crippen LogP contribution is 2.28. The molecule has 0 fully saturated rings. The minimum atomic E-state index is -3.47. The van der Waals surface area contributed by atoms with Gasteiger partial charge < -0.3 is 4.74 Å². The molecule has 0 saturated carbocycles. The standard InChI is InChI=1S/C14H21ClO3S/c1-4-12(3)13-7-5-6-8-14(13)18-9-11(2)10-19(15,16)17/h5-8,11-12H,4,9-10H2,1-3H3. The van der Waals surface area contributed by atoms with E-state index in [1.165, 1.54) is 0 Å². The molecule has 2 atom stereocenters. The second kappa shape index (κ2) is 7.15. The molecule has 0 saturated heterocycles. The smallest absolute Gasteiger partial charge is 0.232 e. The summed E-state index contributed by atoms with van der Waals surface area (Å²) in [6.45, 7) is 6.43. The maximum absolute atomic E-state index is 11.0. The predicted molar refractivity (Wildman–Crippen MR) is 79.4 cm³/mol. The third-order valence-corrected chi connectivity index (χ3v) is 4.41. The summed E-state index contributed by atoms with van der Waals surface area (Å²) >= 11 is 0. The van der Waals surface area contributed by atoms with Gasteiger partial charge in [0.1, 0.15) is 5.75 Å². The number of hydrogen-bond donors (Lipinski definition) is 0. The summed E-state index contributed by atoms with van der Waals surface area (Å²) in [6.07, 6.45) is 1.03. The summed E-state index contributed by atoms with van der Waals surface area (Å²) in [5.41, 5.74) is 1.16. The van der Waals surface area contributed by atoms with Crippen LogP contribution < -0.4 is 4.74 Å². The third-order valence-electron chi connectivity index (χ3n) is 3.07. The lowest BCUT2D eigenvalue weighted by Gasteiger charge is -2.17. The highest BCUT2D eigenvalue weighted by Gasteiger charge is 2.15. The minimum absolute atomic E-state index is 0.0694. The zero-order chi connectivity index (χ0) is 14.5. The minimum Gasteiger partial charge on any atom is -0.493 e. The summed E-state index contributed by atoms with van der Waals surface area (Å²) < 4.78 is 27.7. The van der Waals surface area contributed by atoms with Crippen LogP contribution in [0.5, 0.6) is 5.75 Å². The molecule has 0 heterocycles. The fourth-order valence-corrected chi connectivity index (χ4v) is 3.28. The molecule has 1 aromatic carbocycles. The summed E-state index contributed by atoms with van der Waals surface area (Å²) in [7, 11) is 1.76. The molecular formula is C14H21ClO3S. The van der Waals surface area contributed by atoms with Crippen molar-refractivity contribution in [2.75, 3.05) is 12.4 Å². The second-order valence-corrected chi connectivity index (χ2v) is 7.79. The first-order chi connectivity index (χ1) is 8.83. The van der Waals surface area contributed by atoms with E-state index in [0.717, 1.165) is 17.7 Å². The molecule has 19 heavy (non-hydrogen) atoms. The van der Waals surface area contributed by atoms with Crippen molar-refractivity contribution in [2.24, 2.45) is 5.92 Å². The molecular weight excluding hydrogens is 284 g/mol. The molecule has 0 radical (unpaired) electrons. The zero-order valence-electron chi connectivity index (χ0n) is 11.6. The first kappa shape index (κ1) is 16.3. The lowest BCUT2D eigenvalue weighted by molar-refractivity contribution is 0.268. The molecule has 2 unspecified atom stereocenters. The van der Waals surface area contributed by atoms with Gasteiger partial charge in [0, 0.05) is 16.6 Å². The van der Waals surface area contributed by atoms with Gasteiger partial charge in [0.25, 0.3) is 0 Å². The quantitative estimate of drug-likeness (QED) is 0.720. The first-order valence-corrected chi connectivity index (χ1v) is 8.95. The molecule has 0 aromatic heterocycles. The molecule has 0 aliphatic heterocycles. The van der Waals surface area contributed by atoms with Crippen LogP contribution in [0.4, 0.5) is 0 Å². The SMILES string of the molecule is CCC(C)c1ccccc1OCC(C)CS(=O)(=O)Cl. The largest absolute Gasteiger partial charge is 0.493 e. The van der Waals surface area contributed by atoms with Crippen LogP contribution in [0.3, 0.4) is 0 Å². The monoisotopic (exact) mass is 304 g/mol. The van der Waals surface area contributed by atoms with Crippen LogP contribution in [0.2, 0.25) is 0 Å². The Morgan fingerprint density at radius 2 is 1.89 bits per heavy atom. The van der Waals surface area contributed by atoms with E-state index in [2.05, 4.69) is 13.8 Å². The lowest BCUT2D eigenvalue weighted by Crippen LogP contribution is -2.17. The van der Waals surface area contributed by atoms with Crippen molar-refractivity contribution in [1.29, 1.82) is 0 Å². The molecule has 0 aliphatic rings. The maximum atomic E-state index is 11.0. The molecule has 0 N–H and O–H groups in total. The van der Waals surface area contributed by atoms with E-state index in [-0.39, 0.29) is 11.7 Å². The van der Waals surface area contributed by atoms with E-state index in [1.807, 2.05) is 31.2 Å². The molecule has 5 heteroatoms. The van der Waals surface area contributed by atoms with Crippen molar-refractivity contribution in [3.63, 3.8) is 0 Å². The Bertz CT molecular complexity index is 499. The summed E-state index contributed by atoms with van der Waals surface area (Å²) in [5.74, 6) is 1.05. The van der Waals surface area contributed by atoms with Crippen molar-refractivity contribution in [3.05, 3.63) is 29.8 Å². The number of ether oxygens (including phenoxy) is 1. The third kappa shape index (κ3) is 5.83. The Morgan fingerprint density at radius 3 is 2.47 bits per heavy atom. The molecule has 0 bridgehead atoms. The van der Waals surface area contributed by atoms with Gasteiger partial charge in [-0.2, -0.15) is 0 Å². The van der Waals surface area contributed by atoms with E-state index in [1.54, 1.807) is 0 Å². The van der Waals surface area contributed by atoms with E-state index >= 15 is 0 Å². The van der Waals surface area contributed by atoms with Gasteiger partial charge in [0.05, 0.1) is 12.4 Å². The number of rotatable bonds is 7. The van der Waals surface area contributed by atoms with Gasteiger partial charge in [-0.15, -0.1) is 0 Å². The molecule has 108 valence electrons. The Hall–Kier alpha value is -0.740. The molecule has 0 amide bonds. The topological polar surface area (TPSA) is 43.4 Å². The van der Waals surface area contributed by atoms with E-state index in [0.29, 0.717) is 12.5 Å². The van der Waals surface area contributed by atoms with Crippen LogP contribution in [-0.4, -0.2) is 20.8 Å². The maximum Gasteiger partial charge on any atom is 0.232 e. The van der Waals surface area contributed by atoms with Gasteiger partial charge in [-0.3, -0.25) is 0 Å². The molecule has 0 aliphatic carbocycles. The van der Waals surface area contributed by atoms with E-state index in [4.69, 9.17) is 15.4 Å². The van der Waals surface area contributed by atoms with Crippen molar-refractivity contribution < 1.29 is 13.2 Å². The number of halogens is 1. The second-order valence-electron chi connectivity index (χ2n) is 4.97. The average Bonchev–Trinajstić information content (AvgIpc) is 2.33. The molecule has 1 aromatic rings. The van der Waals surface area contributed by atoms with Gasteiger partial charge in [-0.1, -0.05) is 39.0 Å². The molecule has 3 nitrogen and oxygen atoms in total. The summed E-state index contributed by atoms with van der Waals surface area (Å²) in [5, 5.41) is 0. The summed E-state index contributed by atoms with van der Waals surface area (Å²) in [6, 6.07) is 7.88. The van der Waals surface area contributed by atoms with Crippen LogP contribution in [0.15, 0.2) is 24.3 Å². The summed E-state index contributed by atoms with van der Waals surface area (Å²) in [4.78, 5) is 0. The van der Waals surface area contributed by atoms with Crippen molar-refractivity contribution >= 4 is 19.7 Å². The van der Waals surface area contributed by atoms with Gasteiger partial charge in [0.15, 0.2) is 0 Å². The Morgan fingerprint density at radius 1 is 1.26 bits per heavy atom. The van der Waals surface area contributed by atoms with Crippen LogP contribution >= 0.6 is 10.7 Å². The fourth-order valence-electron chi connectivity index (χ4n) is 1.86. The Labute approximate surface area is 120 Å². The number of hydrogen-bond acceptors (Lipinski definition) is 3. The Kier molecular flexibility index (Phi) is 6.14. The molecule has 0 spiro atoms. The highest BCUT2D eigenvalue weighted by atomic mass is 35.7. The molecule has 1 rings (SSSR count). The normalized spacial score (nSPS) is 14.9. The van der Waals surface area contributed by atoms with E-state index < -0.39 is 9.05 Å². The lowest BCUT2D eigenvalue weighted by atomic mass is 9.98. The van der Waals surface area contributed by atoms with Crippen LogP contribution in [0.1, 0.15) is 38.7 Å². The van der Waals surface area contributed by atoms with Gasteiger partial charge >= 0.3 is 0 Å². The van der Waals surface area contributed by atoms with Crippen LogP contribution in [0.25, 0.3) is 0 Å². The van der Waals surface area contributed by atoms with Gasteiger partial charge in [-0.05, 0) is 24.0 Å². The van der Waals surface area contributed by atoms with Crippen molar-refractivity contribution in [1.82, 2.24) is 0 Å². The number of para-hydroxylation sites is 1. The van der Waals surface area contributed by atoms with Gasteiger partial charge in [-0.25, -0.2) is 8.42 Å². The van der Waals surface area contributed by atoms with Crippen molar-refractivity contribution in [2.45, 2.75) is 33.1 Å². The first-order valence-electron chi connectivity index (χ1n) is 6.47.